The summed E-state index contributed by atoms with van der Waals surface area (Å²) in [6, 6.07) is 19.5. The quantitative estimate of drug-likeness (QED) is 0.229. The maximum atomic E-state index is 13.3. The molecule has 5 aromatic rings. The Balaban J connectivity index is 1.53. The summed E-state index contributed by atoms with van der Waals surface area (Å²) < 4.78 is 10.3. The maximum absolute atomic E-state index is 13.3. The Morgan fingerprint density at radius 1 is 1.03 bits per heavy atom. The number of ether oxygens (including phenoxy) is 2. The van der Waals surface area contributed by atoms with Crippen LogP contribution in [0.2, 0.25) is 0 Å². The molecule has 5 rings (SSSR count). The van der Waals surface area contributed by atoms with Gasteiger partial charge in [0.25, 0.3) is 5.91 Å². The van der Waals surface area contributed by atoms with Gasteiger partial charge in [-0.1, -0.05) is 42.5 Å². The van der Waals surface area contributed by atoms with E-state index in [1.165, 1.54) is 22.7 Å². The summed E-state index contributed by atoms with van der Waals surface area (Å²) >= 11 is 2.46. The van der Waals surface area contributed by atoms with Crippen molar-refractivity contribution in [3.8, 4) is 28.1 Å². The number of pyridine rings is 1. The number of esters is 1. The topological polar surface area (TPSA) is 116 Å². The normalized spacial score (nSPS) is 10.9. The zero-order chi connectivity index (χ0) is 26.6. The fourth-order valence-electron chi connectivity index (χ4n) is 4.00. The first-order valence-corrected chi connectivity index (χ1v) is 13.5. The number of amides is 1. The van der Waals surface area contributed by atoms with Crippen LogP contribution >= 0.6 is 22.7 Å². The molecule has 3 N–H and O–H groups in total. The highest BCUT2D eigenvalue weighted by Gasteiger charge is 2.22. The average Bonchev–Trinajstić information content (AvgIpc) is 3.52. The first-order chi connectivity index (χ1) is 18.5. The van der Waals surface area contributed by atoms with Crippen molar-refractivity contribution in [1.29, 1.82) is 0 Å². The number of nitrogens with zero attached hydrogens (tertiary/aromatic N) is 2. The highest BCUT2D eigenvalue weighted by atomic mass is 32.1. The summed E-state index contributed by atoms with van der Waals surface area (Å²) in [7, 11) is 1.62. The van der Waals surface area contributed by atoms with Gasteiger partial charge in [-0.25, -0.2) is 9.97 Å². The van der Waals surface area contributed by atoms with Crippen LogP contribution in [0.15, 0.2) is 66.0 Å². The molecule has 0 aliphatic rings. The summed E-state index contributed by atoms with van der Waals surface area (Å²) in [6.07, 6.45) is 0.0443. The molecule has 0 spiro atoms. The molecule has 0 unspecified atom stereocenters. The fraction of sp³-hybridized carbons (Fsp3) is 0.143. The third kappa shape index (κ3) is 5.22. The number of fused-ring (bicyclic) bond motifs is 1. The van der Waals surface area contributed by atoms with Crippen molar-refractivity contribution < 1.29 is 19.1 Å². The van der Waals surface area contributed by atoms with Crippen LogP contribution in [0.1, 0.15) is 22.3 Å². The van der Waals surface area contributed by atoms with Crippen molar-refractivity contribution in [2.24, 2.45) is 0 Å². The van der Waals surface area contributed by atoms with E-state index in [4.69, 9.17) is 20.2 Å². The molecule has 0 atom stereocenters. The predicted octanol–water partition coefficient (Wildman–Crippen LogP) is 6.04. The monoisotopic (exact) mass is 544 g/mol. The minimum Gasteiger partial charge on any atom is -0.497 e. The van der Waals surface area contributed by atoms with Crippen LogP contribution in [0.3, 0.4) is 0 Å². The summed E-state index contributed by atoms with van der Waals surface area (Å²) in [5, 5.41) is 5.62. The first-order valence-electron chi connectivity index (χ1n) is 11.8. The smallest absolute Gasteiger partial charge is 0.311 e. The highest BCUT2D eigenvalue weighted by molar-refractivity contribution is 7.21. The standard InChI is InChI=1S/C28H24N4O4S2/c1-3-36-22(33)13-18-15-37-28(30-18)32-26(34)25-24(29)23-20(16-9-11-19(35-2)12-10-16)14-21(31-27(23)38-25)17-7-5-4-6-8-17/h4-12,14-15H,3,13,29H2,1-2H3,(H,30,32,34). The number of benzene rings is 2. The molecule has 0 aliphatic heterocycles. The summed E-state index contributed by atoms with van der Waals surface area (Å²) in [5.41, 5.74) is 11.0. The van der Waals surface area contributed by atoms with Gasteiger partial charge in [0, 0.05) is 16.3 Å². The van der Waals surface area contributed by atoms with Crippen molar-refractivity contribution in [3.05, 3.63) is 76.6 Å². The van der Waals surface area contributed by atoms with Gasteiger partial charge in [-0.2, -0.15) is 0 Å². The van der Waals surface area contributed by atoms with E-state index in [2.05, 4.69) is 10.3 Å². The summed E-state index contributed by atoms with van der Waals surface area (Å²) in [6.45, 7) is 2.05. The second-order valence-electron chi connectivity index (χ2n) is 8.25. The molecule has 3 heterocycles. The molecule has 0 fully saturated rings. The largest absolute Gasteiger partial charge is 0.497 e. The second-order valence-corrected chi connectivity index (χ2v) is 10.1. The second kappa shape index (κ2) is 11.0. The van der Waals surface area contributed by atoms with Crippen molar-refractivity contribution in [3.63, 3.8) is 0 Å². The number of aromatic nitrogens is 2. The van der Waals surface area contributed by atoms with Crippen molar-refractivity contribution in [1.82, 2.24) is 9.97 Å². The number of anilines is 2. The minimum atomic E-state index is -0.385. The van der Waals surface area contributed by atoms with Gasteiger partial charge in [-0.3, -0.25) is 14.9 Å². The van der Waals surface area contributed by atoms with E-state index in [0.717, 1.165) is 28.1 Å². The van der Waals surface area contributed by atoms with Gasteiger partial charge < -0.3 is 15.2 Å². The Labute approximate surface area is 227 Å². The first kappa shape index (κ1) is 25.4. The molecule has 192 valence electrons. The Morgan fingerprint density at radius 3 is 2.50 bits per heavy atom. The van der Waals surface area contributed by atoms with Crippen LogP contribution in [-0.2, 0) is 16.0 Å². The van der Waals surface area contributed by atoms with E-state index >= 15 is 0 Å². The van der Waals surface area contributed by atoms with E-state index < -0.39 is 0 Å². The molecule has 38 heavy (non-hydrogen) atoms. The molecule has 3 aromatic heterocycles. The Hall–Kier alpha value is -4.28. The Bertz CT molecular complexity index is 1610. The van der Waals surface area contributed by atoms with Gasteiger partial charge in [-0.05, 0) is 36.2 Å². The van der Waals surface area contributed by atoms with Crippen LogP contribution in [-0.4, -0.2) is 35.6 Å². The highest BCUT2D eigenvalue weighted by Crippen LogP contribution is 2.42. The van der Waals surface area contributed by atoms with Gasteiger partial charge in [0.2, 0.25) is 0 Å². The Morgan fingerprint density at radius 2 is 1.79 bits per heavy atom. The van der Waals surface area contributed by atoms with Crippen LogP contribution in [0, 0.1) is 0 Å². The molecule has 2 aromatic carbocycles. The zero-order valence-electron chi connectivity index (χ0n) is 20.7. The van der Waals surface area contributed by atoms with Gasteiger partial charge in [0.05, 0.1) is 37.2 Å². The predicted molar refractivity (Wildman–Crippen MR) is 152 cm³/mol. The van der Waals surface area contributed by atoms with Gasteiger partial charge in [0.15, 0.2) is 5.13 Å². The number of rotatable bonds is 8. The lowest BCUT2D eigenvalue weighted by Crippen LogP contribution is -2.12. The van der Waals surface area contributed by atoms with E-state index in [-0.39, 0.29) is 18.3 Å². The average molecular weight is 545 g/mol. The number of thiophene rings is 1. The number of thiazole rings is 1. The molecule has 1 amide bonds. The number of hydrogen-bond donors (Lipinski definition) is 2. The van der Waals surface area contributed by atoms with Crippen LogP contribution in [0.5, 0.6) is 5.75 Å². The molecular formula is C28H24N4O4S2. The van der Waals surface area contributed by atoms with Gasteiger partial charge in [0.1, 0.15) is 15.5 Å². The summed E-state index contributed by atoms with van der Waals surface area (Å²) in [5.74, 6) is -0.00766. The lowest BCUT2D eigenvalue weighted by atomic mass is 9.99. The molecule has 0 saturated heterocycles. The van der Waals surface area contributed by atoms with Crippen molar-refractivity contribution in [2.75, 3.05) is 24.8 Å². The molecule has 8 nitrogen and oxygen atoms in total. The molecule has 0 aliphatic carbocycles. The minimum absolute atomic E-state index is 0.0443. The molecular weight excluding hydrogens is 520 g/mol. The van der Waals surface area contributed by atoms with Gasteiger partial charge >= 0.3 is 5.97 Å². The van der Waals surface area contributed by atoms with Crippen LogP contribution < -0.4 is 15.8 Å². The number of nitrogens with one attached hydrogen (secondary N) is 1. The number of nitrogen functional groups attached to an aromatic ring is 1. The van der Waals surface area contributed by atoms with Crippen molar-refractivity contribution >= 4 is 55.6 Å². The third-order valence-corrected chi connectivity index (χ3v) is 7.68. The zero-order valence-corrected chi connectivity index (χ0v) is 22.3. The SMILES string of the molecule is CCOC(=O)Cc1csc(NC(=O)c2sc3nc(-c4ccccc4)cc(-c4ccc(OC)cc4)c3c2N)n1. The fourth-order valence-corrected chi connectivity index (χ4v) is 5.72. The number of carbonyl (C=O) groups excluding carboxylic acids is 2. The van der Waals surface area contributed by atoms with Crippen LogP contribution in [0.4, 0.5) is 10.8 Å². The molecule has 0 bridgehead atoms. The lowest BCUT2D eigenvalue weighted by molar-refractivity contribution is -0.142. The van der Waals surface area contributed by atoms with E-state index in [1.54, 1.807) is 19.4 Å². The van der Waals surface area contributed by atoms with Crippen LogP contribution in [0.25, 0.3) is 32.6 Å². The van der Waals surface area contributed by atoms with Crippen molar-refractivity contribution in [2.45, 2.75) is 13.3 Å². The van der Waals surface area contributed by atoms with E-state index in [1.807, 2.05) is 60.7 Å². The number of methoxy groups -OCH3 is 1. The number of carbonyl (C=O) groups is 2. The van der Waals surface area contributed by atoms with Gasteiger partial charge in [-0.15, -0.1) is 22.7 Å². The van der Waals surface area contributed by atoms with E-state index in [9.17, 15) is 9.59 Å². The Kier molecular flexibility index (Phi) is 7.34. The lowest BCUT2D eigenvalue weighted by Gasteiger charge is -2.09. The molecule has 0 saturated carbocycles. The van der Waals surface area contributed by atoms with E-state index in [0.29, 0.717) is 38.2 Å². The third-order valence-electron chi connectivity index (χ3n) is 5.78. The summed E-state index contributed by atoms with van der Waals surface area (Å²) in [4.78, 5) is 35.2. The maximum Gasteiger partial charge on any atom is 0.311 e. The molecule has 0 radical (unpaired) electrons. The number of nitrogens with two attached hydrogens (primary N) is 1. The molecule has 10 heteroatoms. The number of hydrogen-bond acceptors (Lipinski definition) is 9.